The van der Waals surface area contributed by atoms with E-state index in [2.05, 4.69) is 59.2 Å². The maximum atomic E-state index is 13.4. The van der Waals surface area contributed by atoms with Crippen molar-refractivity contribution in [2.24, 2.45) is 0 Å². The van der Waals surface area contributed by atoms with Gasteiger partial charge in [-0.3, -0.25) is 10.1 Å². The number of benzene rings is 3. The SMILES string of the molecule is COC(=O)C1=C(C)NC(C)=C(C(=O)OCC[NH2+]CCC(c2ccccc2)c2ccccc2)C1c1cccc([N+](=O)[O-])c1.[Cl-]. The molecule has 0 aliphatic carbocycles. The van der Waals surface area contributed by atoms with Crippen LogP contribution in [-0.2, 0) is 19.1 Å². The second kappa shape index (κ2) is 15.7. The molecule has 0 radical (unpaired) electrons. The minimum absolute atomic E-state index is 0. The number of nitrogens with one attached hydrogen (secondary N) is 1. The molecule has 1 atom stereocenters. The molecule has 4 rings (SSSR count). The normalized spacial score (nSPS) is 14.6. The van der Waals surface area contributed by atoms with Crippen LogP contribution in [0.15, 0.2) is 107 Å². The molecule has 1 aliphatic rings. The van der Waals surface area contributed by atoms with Gasteiger partial charge in [-0.2, -0.15) is 0 Å². The zero-order valence-corrected chi connectivity index (χ0v) is 25.2. The van der Waals surface area contributed by atoms with Gasteiger partial charge in [-0.15, -0.1) is 0 Å². The molecule has 43 heavy (non-hydrogen) atoms. The highest BCUT2D eigenvalue weighted by atomic mass is 35.5. The number of nitro benzene ring substituents is 1. The van der Waals surface area contributed by atoms with E-state index >= 15 is 0 Å². The molecule has 0 amide bonds. The number of carbonyl (C=O) groups is 2. The molecular weight excluding hydrogens is 570 g/mol. The molecule has 10 heteroatoms. The van der Waals surface area contributed by atoms with Crippen LogP contribution in [0, 0.1) is 10.1 Å². The molecule has 0 saturated carbocycles. The number of hydrogen-bond acceptors (Lipinski definition) is 7. The molecule has 0 aromatic heterocycles. The first kappa shape index (κ1) is 33.0. The van der Waals surface area contributed by atoms with Crippen LogP contribution in [0.4, 0.5) is 5.69 Å². The number of rotatable bonds is 12. The quantitative estimate of drug-likeness (QED) is 0.138. The Balaban J connectivity index is 0.00000506. The Kier molecular flexibility index (Phi) is 12.0. The molecule has 0 fully saturated rings. The number of quaternary nitrogens is 1. The lowest BCUT2D eigenvalue weighted by molar-refractivity contribution is -0.656. The third kappa shape index (κ3) is 8.09. The van der Waals surface area contributed by atoms with Crippen LogP contribution in [-0.4, -0.2) is 43.7 Å². The number of ether oxygens (including phenoxy) is 2. The minimum atomic E-state index is -0.882. The highest BCUT2D eigenvalue weighted by Gasteiger charge is 2.38. The summed E-state index contributed by atoms with van der Waals surface area (Å²) < 4.78 is 10.7. The minimum Gasteiger partial charge on any atom is -1.00 e. The first-order valence-electron chi connectivity index (χ1n) is 13.9. The lowest BCUT2D eigenvalue weighted by Crippen LogP contribution is -3.00. The summed E-state index contributed by atoms with van der Waals surface area (Å²) in [7, 11) is 1.26. The maximum Gasteiger partial charge on any atom is 0.336 e. The Hall–Kier alpha value is -4.47. The van der Waals surface area contributed by atoms with Gasteiger partial charge in [-0.1, -0.05) is 72.8 Å². The molecule has 0 spiro atoms. The number of carbonyl (C=O) groups excluding carboxylic acids is 2. The zero-order valence-electron chi connectivity index (χ0n) is 24.4. The maximum absolute atomic E-state index is 13.4. The van der Waals surface area contributed by atoms with E-state index in [9.17, 15) is 19.7 Å². The lowest BCUT2D eigenvalue weighted by atomic mass is 9.80. The van der Waals surface area contributed by atoms with Gasteiger partial charge in [-0.05, 0) is 30.5 Å². The van der Waals surface area contributed by atoms with Crippen molar-refractivity contribution in [2.75, 3.05) is 26.8 Å². The largest absolute Gasteiger partial charge is 1.00 e. The number of hydrogen-bond donors (Lipinski definition) is 2. The van der Waals surface area contributed by atoms with Gasteiger partial charge in [0.2, 0.25) is 0 Å². The van der Waals surface area contributed by atoms with Crippen LogP contribution in [0.1, 0.15) is 48.8 Å². The van der Waals surface area contributed by atoms with E-state index in [0.717, 1.165) is 13.0 Å². The Labute approximate surface area is 257 Å². The van der Waals surface area contributed by atoms with Crippen LogP contribution in [0.25, 0.3) is 0 Å². The fourth-order valence-corrected chi connectivity index (χ4v) is 5.43. The molecule has 9 nitrogen and oxygen atoms in total. The van der Waals surface area contributed by atoms with Gasteiger partial charge in [0, 0.05) is 35.9 Å². The Morgan fingerprint density at radius 2 is 1.47 bits per heavy atom. The lowest BCUT2D eigenvalue weighted by Gasteiger charge is -2.30. The van der Waals surface area contributed by atoms with Crippen molar-refractivity contribution in [3.63, 3.8) is 0 Å². The van der Waals surface area contributed by atoms with Crippen molar-refractivity contribution in [3.05, 3.63) is 134 Å². The number of non-ortho nitro benzene ring substituents is 1. The third-order valence-electron chi connectivity index (χ3n) is 7.42. The highest BCUT2D eigenvalue weighted by molar-refractivity contribution is 5.99. The summed E-state index contributed by atoms with van der Waals surface area (Å²) in [6, 6.07) is 26.7. The van der Waals surface area contributed by atoms with Crippen LogP contribution in [0.5, 0.6) is 0 Å². The molecule has 0 saturated heterocycles. The molecule has 1 aliphatic heterocycles. The van der Waals surface area contributed by atoms with E-state index in [0.29, 0.717) is 23.5 Å². The van der Waals surface area contributed by atoms with E-state index in [1.165, 1.54) is 36.4 Å². The fourth-order valence-electron chi connectivity index (χ4n) is 5.43. The van der Waals surface area contributed by atoms with Crippen molar-refractivity contribution in [1.82, 2.24) is 5.32 Å². The Morgan fingerprint density at radius 1 is 0.884 bits per heavy atom. The van der Waals surface area contributed by atoms with Crippen LogP contribution < -0.4 is 23.0 Å². The number of esters is 2. The van der Waals surface area contributed by atoms with Gasteiger partial charge in [0.25, 0.3) is 5.69 Å². The molecule has 226 valence electrons. The number of nitrogens with zero attached hydrogens (tertiary/aromatic N) is 1. The highest BCUT2D eigenvalue weighted by Crippen LogP contribution is 2.40. The summed E-state index contributed by atoms with van der Waals surface area (Å²) in [5.41, 5.74) is 4.24. The van der Waals surface area contributed by atoms with Crippen molar-refractivity contribution in [3.8, 4) is 0 Å². The summed E-state index contributed by atoms with van der Waals surface area (Å²) in [6.07, 6.45) is 0.914. The number of dihydropyridines is 1. The van der Waals surface area contributed by atoms with Crippen molar-refractivity contribution >= 4 is 17.6 Å². The monoisotopic (exact) mass is 605 g/mol. The number of methoxy groups -OCH3 is 1. The summed E-state index contributed by atoms with van der Waals surface area (Å²) in [5.74, 6) is -1.85. The van der Waals surface area contributed by atoms with E-state index in [-0.39, 0.29) is 41.8 Å². The molecule has 3 aromatic carbocycles. The predicted octanol–water partition coefficient (Wildman–Crippen LogP) is 1.34. The average molecular weight is 606 g/mol. The smallest absolute Gasteiger partial charge is 0.336 e. The van der Waals surface area contributed by atoms with Crippen molar-refractivity contribution in [2.45, 2.75) is 32.1 Å². The van der Waals surface area contributed by atoms with Gasteiger partial charge in [-0.25, -0.2) is 9.59 Å². The molecule has 1 unspecified atom stereocenters. The molecule has 1 heterocycles. The van der Waals surface area contributed by atoms with Crippen LogP contribution in [0.3, 0.4) is 0 Å². The zero-order chi connectivity index (χ0) is 30.1. The number of nitrogens with two attached hydrogens (primary N) is 1. The standard InChI is InChI=1S/C33H35N3O6.ClH/c1-22-29(32(37)41-3)31(26-15-10-16-27(21-26)36(39)40)30(23(2)35-22)33(38)42-20-19-34-18-17-28(24-11-6-4-7-12-24)25-13-8-5-9-14-25;/h4-16,21,28,31,34-35H,17-20H2,1-3H3;1H. The number of allylic oxidation sites excluding steroid dienone is 2. The van der Waals surface area contributed by atoms with Gasteiger partial charge >= 0.3 is 11.9 Å². The molecule has 0 bridgehead atoms. The summed E-state index contributed by atoms with van der Waals surface area (Å²) >= 11 is 0. The summed E-state index contributed by atoms with van der Waals surface area (Å²) in [4.78, 5) is 37.2. The number of nitro groups is 1. The Morgan fingerprint density at radius 3 is 2.02 bits per heavy atom. The van der Waals surface area contributed by atoms with E-state index in [4.69, 9.17) is 9.47 Å². The van der Waals surface area contributed by atoms with Crippen molar-refractivity contribution < 1.29 is 41.7 Å². The Bertz CT molecular complexity index is 1450. The van der Waals surface area contributed by atoms with Gasteiger partial charge in [0.05, 0.1) is 35.6 Å². The molecule has 3 N–H and O–H groups in total. The first-order valence-corrected chi connectivity index (χ1v) is 13.9. The van der Waals surface area contributed by atoms with Gasteiger partial charge < -0.3 is 32.5 Å². The predicted molar refractivity (Wildman–Crippen MR) is 158 cm³/mol. The summed E-state index contributed by atoms with van der Waals surface area (Å²) in [5, 5.41) is 16.7. The van der Waals surface area contributed by atoms with Crippen molar-refractivity contribution in [1.29, 1.82) is 0 Å². The van der Waals surface area contributed by atoms with E-state index in [1.54, 1.807) is 19.9 Å². The van der Waals surface area contributed by atoms with Crippen LogP contribution in [0.2, 0.25) is 0 Å². The van der Waals surface area contributed by atoms with Gasteiger partial charge in [0.15, 0.2) is 0 Å². The van der Waals surface area contributed by atoms with Gasteiger partial charge in [0.1, 0.15) is 13.2 Å². The topological polar surface area (TPSA) is 124 Å². The second-order valence-electron chi connectivity index (χ2n) is 10.1. The van der Waals surface area contributed by atoms with E-state index < -0.39 is 22.8 Å². The molecule has 3 aromatic rings. The van der Waals surface area contributed by atoms with E-state index in [1.807, 2.05) is 12.1 Å². The van der Waals surface area contributed by atoms with Crippen LogP contribution >= 0.6 is 0 Å². The first-order chi connectivity index (χ1) is 20.3. The number of halogens is 1. The second-order valence-corrected chi connectivity index (χ2v) is 10.1. The average Bonchev–Trinajstić information content (AvgIpc) is 3.00. The summed E-state index contributed by atoms with van der Waals surface area (Å²) in [6.45, 7) is 4.98. The third-order valence-corrected chi connectivity index (χ3v) is 7.42. The fraction of sp³-hybridized carbons (Fsp3) is 0.273. The molecular formula is C33H36ClN3O6.